The summed E-state index contributed by atoms with van der Waals surface area (Å²) < 4.78 is 11.5. The Labute approximate surface area is 149 Å². The molecule has 2 aliphatic rings. The Kier molecular flexibility index (Phi) is 4.35. The van der Waals surface area contributed by atoms with Gasteiger partial charge in [0.25, 0.3) is 0 Å². The average molecular weight is 355 g/mol. The number of hydrogen-bond acceptors (Lipinski definition) is 5. The molecule has 0 spiro atoms. The number of rotatable bonds is 3. The Bertz CT molecular complexity index is 834. The third-order valence-corrected chi connectivity index (χ3v) is 4.14. The molecule has 0 radical (unpaired) electrons. The highest BCUT2D eigenvalue weighted by Crippen LogP contribution is 2.26. The van der Waals surface area contributed by atoms with Gasteiger partial charge in [0, 0.05) is 17.4 Å². The molecule has 1 aromatic heterocycles. The molecule has 6 nitrogen and oxygen atoms in total. The van der Waals surface area contributed by atoms with Crippen LogP contribution in [0.4, 0.5) is 5.69 Å². The standard InChI is InChI=1S/C18H15ClN4O2/c19-13-1-3-14(4-2-13)21-17-15-7-10-24-16(15)18(23-22-17)25-11-12-5-8-20-9-6-12/h1-10,15-16H,11H2,(H,21,22). The van der Waals surface area contributed by atoms with Gasteiger partial charge in [0.1, 0.15) is 12.4 Å². The second-order valence-corrected chi connectivity index (χ2v) is 6.03. The number of fused-ring (bicyclic) bond motifs is 1. The SMILES string of the molecule is Clc1ccc(N=C2NN=C(OCc3ccncc3)C3OC=CC23)cc1. The molecule has 1 N–H and O–H groups in total. The normalized spacial score (nSPS) is 22.8. The molecular weight excluding hydrogens is 340 g/mol. The lowest BCUT2D eigenvalue weighted by Gasteiger charge is -2.26. The van der Waals surface area contributed by atoms with Crippen LogP contribution >= 0.6 is 11.6 Å². The van der Waals surface area contributed by atoms with Gasteiger partial charge in [-0.3, -0.25) is 10.4 Å². The quantitative estimate of drug-likeness (QED) is 0.917. The van der Waals surface area contributed by atoms with Crippen LogP contribution in [0, 0.1) is 5.92 Å². The number of nitrogens with one attached hydrogen (secondary N) is 1. The fourth-order valence-corrected chi connectivity index (χ4v) is 2.73. The zero-order valence-corrected chi connectivity index (χ0v) is 13.9. The Balaban J connectivity index is 1.51. The minimum Gasteiger partial charge on any atom is -0.487 e. The Hall–Kier alpha value is -2.86. The van der Waals surface area contributed by atoms with Gasteiger partial charge in [-0.1, -0.05) is 11.6 Å². The Morgan fingerprint density at radius 2 is 1.96 bits per heavy atom. The number of hydrazone groups is 1. The minimum absolute atomic E-state index is 0.0689. The first-order valence-electron chi connectivity index (χ1n) is 7.81. The number of nitrogens with zero attached hydrogens (tertiary/aromatic N) is 3. The predicted molar refractivity (Wildman–Crippen MR) is 95.6 cm³/mol. The summed E-state index contributed by atoms with van der Waals surface area (Å²) in [7, 11) is 0. The van der Waals surface area contributed by atoms with Crippen LogP contribution in [0.3, 0.4) is 0 Å². The summed E-state index contributed by atoms with van der Waals surface area (Å²) in [6.07, 6.45) is 6.75. The summed E-state index contributed by atoms with van der Waals surface area (Å²) in [5.41, 5.74) is 4.78. The monoisotopic (exact) mass is 354 g/mol. The molecule has 2 unspecified atom stereocenters. The van der Waals surface area contributed by atoms with Crippen LogP contribution < -0.4 is 5.43 Å². The van der Waals surface area contributed by atoms with Crippen molar-refractivity contribution in [1.29, 1.82) is 0 Å². The van der Waals surface area contributed by atoms with Crippen molar-refractivity contribution in [3.8, 4) is 0 Å². The zero-order chi connectivity index (χ0) is 17.1. The molecular formula is C18H15ClN4O2. The largest absolute Gasteiger partial charge is 0.487 e. The maximum absolute atomic E-state index is 5.91. The van der Waals surface area contributed by atoms with Gasteiger partial charge >= 0.3 is 0 Å². The average Bonchev–Trinajstić information content (AvgIpc) is 3.14. The highest BCUT2D eigenvalue weighted by atomic mass is 35.5. The van der Waals surface area contributed by atoms with Crippen molar-refractivity contribution in [3.05, 3.63) is 71.7 Å². The van der Waals surface area contributed by atoms with Crippen molar-refractivity contribution in [3.63, 3.8) is 0 Å². The number of halogens is 1. The van der Waals surface area contributed by atoms with Crippen molar-refractivity contribution in [2.24, 2.45) is 16.0 Å². The Morgan fingerprint density at radius 1 is 1.16 bits per heavy atom. The molecule has 0 aliphatic carbocycles. The van der Waals surface area contributed by atoms with Crippen molar-refractivity contribution in [1.82, 2.24) is 10.4 Å². The van der Waals surface area contributed by atoms with Crippen molar-refractivity contribution in [2.75, 3.05) is 0 Å². The van der Waals surface area contributed by atoms with Crippen LogP contribution in [0.15, 0.2) is 71.2 Å². The van der Waals surface area contributed by atoms with E-state index in [1.54, 1.807) is 30.8 Å². The molecule has 2 aliphatic heterocycles. The second-order valence-electron chi connectivity index (χ2n) is 5.59. The topological polar surface area (TPSA) is 68.1 Å². The molecule has 0 fully saturated rings. The third-order valence-electron chi connectivity index (χ3n) is 3.89. The molecule has 0 bridgehead atoms. The summed E-state index contributed by atoms with van der Waals surface area (Å²) in [5, 5.41) is 4.96. The van der Waals surface area contributed by atoms with Crippen molar-refractivity contribution < 1.29 is 9.47 Å². The third kappa shape index (κ3) is 3.49. The summed E-state index contributed by atoms with van der Waals surface area (Å²) in [6.45, 7) is 0.402. The van der Waals surface area contributed by atoms with Crippen molar-refractivity contribution in [2.45, 2.75) is 12.7 Å². The van der Waals surface area contributed by atoms with E-state index in [9.17, 15) is 0 Å². The van der Waals surface area contributed by atoms with E-state index in [4.69, 9.17) is 21.1 Å². The number of ether oxygens (including phenoxy) is 2. The molecule has 0 saturated carbocycles. The van der Waals surface area contributed by atoms with Crippen molar-refractivity contribution >= 4 is 29.0 Å². The van der Waals surface area contributed by atoms with E-state index in [0.29, 0.717) is 23.4 Å². The fraction of sp³-hybridized carbons (Fsp3) is 0.167. The molecule has 1 aromatic carbocycles. The van der Waals surface area contributed by atoms with E-state index in [-0.39, 0.29) is 12.0 Å². The second kappa shape index (κ2) is 6.94. The van der Waals surface area contributed by atoms with Gasteiger partial charge in [-0.15, -0.1) is 5.10 Å². The van der Waals surface area contributed by atoms with E-state index in [0.717, 1.165) is 11.3 Å². The highest BCUT2D eigenvalue weighted by molar-refractivity contribution is 6.30. The van der Waals surface area contributed by atoms with Crippen LogP contribution in [0.2, 0.25) is 5.02 Å². The van der Waals surface area contributed by atoms with Gasteiger partial charge in [-0.05, 0) is 48.0 Å². The number of pyridine rings is 1. The molecule has 7 heteroatoms. The first kappa shape index (κ1) is 15.7. The molecule has 0 saturated heterocycles. The number of aromatic nitrogens is 1. The fourth-order valence-electron chi connectivity index (χ4n) is 2.60. The molecule has 4 rings (SSSR count). The summed E-state index contributed by atoms with van der Waals surface area (Å²) in [4.78, 5) is 8.59. The van der Waals surface area contributed by atoms with Gasteiger partial charge in [0.2, 0.25) is 5.90 Å². The van der Waals surface area contributed by atoms with Crippen LogP contribution in [-0.4, -0.2) is 22.8 Å². The number of benzene rings is 1. The lowest BCUT2D eigenvalue weighted by atomic mass is 10.0. The van der Waals surface area contributed by atoms with E-state index in [2.05, 4.69) is 20.5 Å². The maximum Gasteiger partial charge on any atom is 0.249 e. The zero-order valence-electron chi connectivity index (χ0n) is 13.2. The van der Waals surface area contributed by atoms with E-state index in [1.807, 2.05) is 30.3 Å². The lowest BCUT2D eigenvalue weighted by Crippen LogP contribution is -2.44. The van der Waals surface area contributed by atoms with Crippen LogP contribution in [0.1, 0.15) is 5.56 Å². The van der Waals surface area contributed by atoms with Crippen LogP contribution in [0.25, 0.3) is 0 Å². The lowest BCUT2D eigenvalue weighted by molar-refractivity contribution is 0.158. The molecule has 0 amide bonds. The van der Waals surface area contributed by atoms with E-state index < -0.39 is 0 Å². The predicted octanol–water partition coefficient (Wildman–Crippen LogP) is 3.43. The Morgan fingerprint density at radius 3 is 2.76 bits per heavy atom. The van der Waals surface area contributed by atoms with Gasteiger partial charge in [-0.2, -0.15) is 0 Å². The maximum atomic E-state index is 5.91. The first-order chi connectivity index (χ1) is 12.3. The van der Waals surface area contributed by atoms with E-state index >= 15 is 0 Å². The molecule has 126 valence electrons. The first-order valence-corrected chi connectivity index (χ1v) is 8.19. The highest BCUT2D eigenvalue weighted by Gasteiger charge is 2.38. The van der Waals surface area contributed by atoms with Crippen LogP contribution in [0.5, 0.6) is 0 Å². The molecule has 25 heavy (non-hydrogen) atoms. The number of aliphatic imine (C=N–C) groups is 1. The minimum atomic E-state index is -0.311. The molecule has 2 atom stereocenters. The van der Waals surface area contributed by atoms with Gasteiger partial charge in [0.15, 0.2) is 6.10 Å². The molecule has 3 heterocycles. The summed E-state index contributed by atoms with van der Waals surface area (Å²) in [5.74, 6) is 1.14. The summed E-state index contributed by atoms with van der Waals surface area (Å²) >= 11 is 5.91. The van der Waals surface area contributed by atoms with Gasteiger partial charge in [-0.25, -0.2) is 4.99 Å². The number of amidine groups is 1. The smallest absolute Gasteiger partial charge is 0.249 e. The summed E-state index contributed by atoms with van der Waals surface area (Å²) in [6, 6.07) is 11.1. The van der Waals surface area contributed by atoms with Crippen LogP contribution in [-0.2, 0) is 16.1 Å². The van der Waals surface area contributed by atoms with Gasteiger partial charge < -0.3 is 9.47 Å². The molecule has 2 aromatic rings. The van der Waals surface area contributed by atoms with Gasteiger partial charge in [0.05, 0.1) is 17.9 Å². The number of hydrogen-bond donors (Lipinski definition) is 1. The van der Waals surface area contributed by atoms with E-state index in [1.165, 1.54) is 0 Å².